The van der Waals surface area contributed by atoms with Crippen LogP contribution in [0.3, 0.4) is 0 Å². The first-order valence-electron chi connectivity index (χ1n) is 7.84. The second kappa shape index (κ2) is 4.30. The fraction of sp³-hybridized carbons (Fsp3) is 0.444. The molecule has 0 N–H and O–H groups in total. The summed E-state index contributed by atoms with van der Waals surface area (Å²) in [7, 11) is 0. The van der Waals surface area contributed by atoms with Crippen LogP contribution in [0.25, 0.3) is 0 Å². The molecule has 2 aliphatic heterocycles. The van der Waals surface area contributed by atoms with Crippen molar-refractivity contribution in [2.24, 2.45) is 11.8 Å². The van der Waals surface area contributed by atoms with Crippen LogP contribution in [-0.2, 0) is 0 Å². The predicted molar refractivity (Wildman–Crippen MR) is 88.7 cm³/mol. The average molecular weight is 318 g/mol. The highest BCUT2D eigenvalue weighted by molar-refractivity contribution is 6.43. The predicted octanol–water partition coefficient (Wildman–Crippen LogP) is 5.15. The van der Waals surface area contributed by atoms with E-state index in [1.165, 1.54) is 42.7 Å². The van der Waals surface area contributed by atoms with Crippen molar-refractivity contribution in [2.75, 3.05) is 18.0 Å². The Kier molecular flexibility index (Phi) is 2.58. The first-order valence-corrected chi connectivity index (χ1v) is 8.59. The van der Waals surface area contributed by atoms with Gasteiger partial charge in [-0.1, -0.05) is 47.5 Å². The van der Waals surface area contributed by atoms with E-state index in [0.29, 0.717) is 23.7 Å². The molecular formula is C18H17Cl2N. The molecule has 2 aliphatic carbocycles. The van der Waals surface area contributed by atoms with Crippen molar-refractivity contribution in [1.29, 1.82) is 0 Å². The lowest BCUT2D eigenvalue weighted by atomic mass is 9.75. The molecule has 3 heteroatoms. The first kappa shape index (κ1) is 12.6. The molecule has 4 atom stereocenters. The zero-order chi connectivity index (χ0) is 14.1. The van der Waals surface area contributed by atoms with Gasteiger partial charge in [-0.15, -0.1) is 0 Å². The lowest BCUT2D eigenvalue weighted by Gasteiger charge is -2.46. The summed E-state index contributed by atoms with van der Waals surface area (Å²) in [5, 5.41) is 1.51. The van der Waals surface area contributed by atoms with Gasteiger partial charge in [0, 0.05) is 36.2 Å². The number of halogens is 2. The minimum absolute atomic E-state index is 0.461. The van der Waals surface area contributed by atoms with Gasteiger partial charge in [0.1, 0.15) is 0 Å². The maximum Gasteiger partial charge on any atom is 0.0651 e. The number of anilines is 1. The number of nitrogens with zero attached hydrogens (tertiary/aromatic N) is 1. The van der Waals surface area contributed by atoms with Gasteiger partial charge in [-0.25, -0.2) is 0 Å². The Morgan fingerprint density at radius 1 is 0.952 bits per heavy atom. The fourth-order valence-corrected chi connectivity index (χ4v) is 5.35. The van der Waals surface area contributed by atoms with Gasteiger partial charge in [-0.05, 0) is 36.3 Å². The van der Waals surface area contributed by atoms with Crippen LogP contribution in [0.1, 0.15) is 35.8 Å². The summed E-state index contributed by atoms with van der Waals surface area (Å²) in [6.45, 7) is 2.33. The van der Waals surface area contributed by atoms with E-state index in [1.54, 1.807) is 0 Å². The lowest BCUT2D eigenvalue weighted by molar-refractivity contribution is 0.410. The smallest absolute Gasteiger partial charge is 0.0651 e. The standard InChI is InChI=1S/C18H17Cl2N/c19-15-7-14-12-5-1-3-10(12)8-21-9-11-4-2-6-13(11)16(17(15)20)18(14)21/h1-2,5-7,10-13H,3-4,8-9H2. The Labute approximate surface area is 135 Å². The van der Waals surface area contributed by atoms with E-state index in [4.69, 9.17) is 23.2 Å². The Balaban J connectivity index is 1.80. The molecule has 1 aromatic rings. The molecule has 0 saturated heterocycles. The molecule has 0 amide bonds. The molecule has 0 spiro atoms. The van der Waals surface area contributed by atoms with Crippen molar-refractivity contribution in [2.45, 2.75) is 24.7 Å². The van der Waals surface area contributed by atoms with E-state index in [1.807, 2.05) is 0 Å². The summed E-state index contributed by atoms with van der Waals surface area (Å²) in [6.07, 6.45) is 11.7. The Morgan fingerprint density at radius 2 is 1.62 bits per heavy atom. The zero-order valence-electron chi connectivity index (χ0n) is 11.7. The number of rotatable bonds is 0. The van der Waals surface area contributed by atoms with E-state index >= 15 is 0 Å². The molecule has 4 aliphatic rings. The lowest BCUT2D eigenvalue weighted by Crippen LogP contribution is -2.43. The summed E-state index contributed by atoms with van der Waals surface area (Å²) in [4.78, 5) is 2.59. The van der Waals surface area contributed by atoms with E-state index in [0.717, 1.165) is 10.0 Å². The molecule has 0 bridgehead atoms. The topological polar surface area (TPSA) is 3.24 Å². The summed E-state index contributed by atoms with van der Waals surface area (Å²) in [5.74, 6) is 2.38. The van der Waals surface area contributed by atoms with Crippen LogP contribution in [0, 0.1) is 11.8 Å². The van der Waals surface area contributed by atoms with Gasteiger partial charge in [0.15, 0.2) is 0 Å². The van der Waals surface area contributed by atoms with Crippen molar-refractivity contribution in [1.82, 2.24) is 0 Å². The van der Waals surface area contributed by atoms with Crippen LogP contribution < -0.4 is 4.90 Å². The minimum Gasteiger partial charge on any atom is -0.370 e. The maximum atomic E-state index is 6.63. The van der Waals surface area contributed by atoms with Gasteiger partial charge in [0.25, 0.3) is 0 Å². The van der Waals surface area contributed by atoms with Crippen molar-refractivity contribution >= 4 is 28.9 Å². The highest BCUT2D eigenvalue weighted by atomic mass is 35.5. The van der Waals surface area contributed by atoms with Crippen molar-refractivity contribution in [3.63, 3.8) is 0 Å². The van der Waals surface area contributed by atoms with Crippen LogP contribution in [0.2, 0.25) is 10.0 Å². The fourth-order valence-electron chi connectivity index (χ4n) is 4.86. The first-order chi connectivity index (χ1) is 10.2. The maximum absolute atomic E-state index is 6.63. The van der Waals surface area contributed by atoms with Gasteiger partial charge >= 0.3 is 0 Å². The van der Waals surface area contributed by atoms with Crippen LogP contribution >= 0.6 is 23.2 Å². The van der Waals surface area contributed by atoms with Gasteiger partial charge < -0.3 is 4.90 Å². The molecule has 1 aromatic carbocycles. The Morgan fingerprint density at radius 3 is 2.38 bits per heavy atom. The summed E-state index contributed by atoms with van der Waals surface area (Å²) in [5.41, 5.74) is 4.09. The van der Waals surface area contributed by atoms with E-state index < -0.39 is 0 Å². The SMILES string of the molecule is Clc1cc2c3c(c1Cl)C1C=CCC1CN3CC1CC=CC21. The molecule has 0 fully saturated rings. The van der Waals surface area contributed by atoms with Crippen LogP contribution in [-0.4, -0.2) is 13.1 Å². The van der Waals surface area contributed by atoms with Crippen molar-refractivity contribution in [3.05, 3.63) is 51.5 Å². The number of hydrogen-bond acceptors (Lipinski definition) is 1. The molecule has 2 heterocycles. The number of benzene rings is 1. The second-order valence-corrected chi connectivity index (χ2v) is 7.61. The summed E-state index contributed by atoms with van der Waals surface area (Å²) < 4.78 is 0. The van der Waals surface area contributed by atoms with Crippen LogP contribution in [0.5, 0.6) is 0 Å². The van der Waals surface area contributed by atoms with E-state index in [-0.39, 0.29) is 0 Å². The highest BCUT2D eigenvalue weighted by Crippen LogP contribution is 2.56. The number of allylic oxidation sites excluding steroid dienone is 4. The quantitative estimate of drug-likeness (QED) is 0.598. The molecule has 21 heavy (non-hydrogen) atoms. The molecule has 0 saturated carbocycles. The number of fused-ring (bicyclic) bond motifs is 4. The molecule has 4 unspecified atom stereocenters. The minimum atomic E-state index is 0.461. The third-order valence-corrected chi connectivity index (χ3v) is 6.56. The number of hydrogen-bond donors (Lipinski definition) is 0. The van der Waals surface area contributed by atoms with E-state index in [2.05, 4.69) is 35.3 Å². The zero-order valence-corrected chi connectivity index (χ0v) is 13.2. The summed E-state index contributed by atoms with van der Waals surface area (Å²) in [6, 6.07) is 2.13. The average Bonchev–Trinajstić information content (AvgIpc) is 3.11. The van der Waals surface area contributed by atoms with Crippen LogP contribution in [0.15, 0.2) is 30.4 Å². The molecule has 0 aromatic heterocycles. The van der Waals surface area contributed by atoms with Gasteiger partial charge in [0.05, 0.1) is 10.0 Å². The van der Waals surface area contributed by atoms with Gasteiger partial charge in [-0.3, -0.25) is 0 Å². The third kappa shape index (κ3) is 1.59. The summed E-state index contributed by atoms with van der Waals surface area (Å²) >= 11 is 13.1. The largest absolute Gasteiger partial charge is 0.370 e. The highest BCUT2D eigenvalue weighted by Gasteiger charge is 2.43. The molecule has 5 rings (SSSR count). The monoisotopic (exact) mass is 317 g/mol. The second-order valence-electron chi connectivity index (χ2n) is 6.83. The third-order valence-electron chi connectivity index (χ3n) is 5.76. The van der Waals surface area contributed by atoms with Gasteiger partial charge in [-0.2, -0.15) is 0 Å². The van der Waals surface area contributed by atoms with Crippen molar-refractivity contribution < 1.29 is 0 Å². The molecule has 1 nitrogen and oxygen atoms in total. The Hall–Kier alpha value is -0.920. The van der Waals surface area contributed by atoms with Gasteiger partial charge in [0.2, 0.25) is 0 Å². The normalized spacial score (nSPS) is 34.9. The van der Waals surface area contributed by atoms with Crippen LogP contribution in [0.4, 0.5) is 5.69 Å². The van der Waals surface area contributed by atoms with Crippen molar-refractivity contribution in [3.8, 4) is 0 Å². The Bertz CT molecular complexity index is 689. The van der Waals surface area contributed by atoms with E-state index in [9.17, 15) is 0 Å². The molecule has 108 valence electrons. The molecule has 0 radical (unpaired) electrons. The molecular weight excluding hydrogens is 301 g/mol.